The number of hydrogen-bond donors (Lipinski definition) is 0. The number of nitrogens with zero attached hydrogens (tertiary/aromatic N) is 1. The highest BCUT2D eigenvalue weighted by atomic mass is 16.7. The molecule has 0 amide bonds. The van der Waals surface area contributed by atoms with Crippen molar-refractivity contribution in [3.8, 4) is 0 Å². The molecule has 1 aromatic carbocycles. The van der Waals surface area contributed by atoms with Crippen molar-refractivity contribution in [1.82, 2.24) is 4.90 Å². The Hall–Kier alpha value is -1.69. The van der Waals surface area contributed by atoms with E-state index < -0.39 is 0 Å². The molecule has 2 saturated heterocycles. The fraction of sp³-hybridized carbons (Fsp3) is 0.526. The lowest BCUT2D eigenvalue weighted by atomic mass is 10.0. The number of hydrogen-bond acceptors (Lipinski definition) is 5. The van der Waals surface area contributed by atoms with Gasteiger partial charge >= 0.3 is 5.63 Å². The highest BCUT2D eigenvalue weighted by Gasteiger charge is 2.39. The minimum atomic E-state index is -0.359. The Labute approximate surface area is 141 Å². The summed E-state index contributed by atoms with van der Waals surface area (Å²) in [6, 6.07) is 5.78. The first-order valence-corrected chi connectivity index (χ1v) is 8.60. The van der Waals surface area contributed by atoms with E-state index in [-0.39, 0.29) is 11.4 Å². The molecular weight excluding hydrogens is 306 g/mol. The lowest BCUT2D eigenvalue weighted by Crippen LogP contribution is -2.44. The third-order valence-corrected chi connectivity index (χ3v) is 5.34. The van der Waals surface area contributed by atoms with E-state index in [1.807, 2.05) is 13.8 Å². The molecule has 5 heteroatoms. The molecule has 2 aromatic rings. The fourth-order valence-corrected chi connectivity index (χ4v) is 3.73. The number of benzene rings is 1. The van der Waals surface area contributed by atoms with Gasteiger partial charge in [-0.25, -0.2) is 4.79 Å². The number of ether oxygens (including phenoxy) is 2. The summed E-state index contributed by atoms with van der Waals surface area (Å²) < 4.78 is 17.0. The van der Waals surface area contributed by atoms with Gasteiger partial charge in [-0.1, -0.05) is 12.1 Å². The van der Waals surface area contributed by atoms with E-state index in [4.69, 9.17) is 13.9 Å². The summed E-state index contributed by atoms with van der Waals surface area (Å²) in [7, 11) is 0. The van der Waals surface area contributed by atoms with Crippen LogP contribution < -0.4 is 5.63 Å². The van der Waals surface area contributed by atoms with Gasteiger partial charge in [-0.2, -0.15) is 0 Å². The van der Waals surface area contributed by atoms with Gasteiger partial charge in [0, 0.05) is 43.9 Å². The van der Waals surface area contributed by atoms with Crippen molar-refractivity contribution in [2.45, 2.75) is 39.0 Å². The summed E-state index contributed by atoms with van der Waals surface area (Å²) in [6.45, 7) is 8.00. The van der Waals surface area contributed by atoms with Gasteiger partial charge < -0.3 is 13.9 Å². The van der Waals surface area contributed by atoms with Crippen LogP contribution in [0.5, 0.6) is 0 Å². The molecule has 3 heterocycles. The molecule has 1 aromatic heterocycles. The van der Waals surface area contributed by atoms with Gasteiger partial charge in [0.25, 0.3) is 0 Å². The van der Waals surface area contributed by atoms with Crippen molar-refractivity contribution in [3.63, 3.8) is 0 Å². The Morgan fingerprint density at radius 3 is 2.54 bits per heavy atom. The molecule has 0 N–H and O–H groups in total. The standard InChI is InChI=1S/C19H23NO4/c1-13-3-4-16-15(11-17(21)24-18(16)14(13)2)12-20-7-5-19(6-8-20)22-9-10-23-19/h3-4,11H,5-10,12H2,1-2H3. The second-order valence-electron chi connectivity index (χ2n) is 6.86. The minimum Gasteiger partial charge on any atom is -0.422 e. The molecule has 0 unspecified atom stereocenters. The van der Waals surface area contributed by atoms with E-state index in [1.54, 1.807) is 6.07 Å². The molecule has 0 saturated carbocycles. The Morgan fingerprint density at radius 1 is 1.12 bits per heavy atom. The van der Waals surface area contributed by atoms with E-state index in [0.29, 0.717) is 18.8 Å². The summed E-state index contributed by atoms with van der Waals surface area (Å²) in [5.41, 5.74) is 3.65. The molecule has 2 aliphatic rings. The maximum absolute atomic E-state index is 12.0. The largest absolute Gasteiger partial charge is 0.422 e. The lowest BCUT2D eigenvalue weighted by Gasteiger charge is -2.37. The molecular formula is C19H23NO4. The van der Waals surface area contributed by atoms with Crippen LogP contribution in [0.1, 0.15) is 29.5 Å². The van der Waals surface area contributed by atoms with Crippen molar-refractivity contribution in [3.05, 3.63) is 45.3 Å². The van der Waals surface area contributed by atoms with E-state index in [1.165, 1.54) is 0 Å². The molecule has 24 heavy (non-hydrogen) atoms. The molecule has 2 aliphatic heterocycles. The van der Waals surface area contributed by atoms with Gasteiger partial charge in [0.15, 0.2) is 5.79 Å². The second kappa shape index (κ2) is 5.99. The zero-order chi connectivity index (χ0) is 16.7. The van der Waals surface area contributed by atoms with E-state index in [9.17, 15) is 4.79 Å². The first-order chi connectivity index (χ1) is 11.6. The van der Waals surface area contributed by atoms with Crippen LogP contribution in [0.3, 0.4) is 0 Å². The van der Waals surface area contributed by atoms with Gasteiger partial charge in [0.2, 0.25) is 0 Å². The molecule has 5 nitrogen and oxygen atoms in total. The molecule has 1 spiro atoms. The first kappa shape index (κ1) is 15.8. The predicted octanol–water partition coefficient (Wildman–Crippen LogP) is 2.75. The highest BCUT2D eigenvalue weighted by Crippen LogP contribution is 2.32. The number of piperidine rings is 1. The van der Waals surface area contributed by atoms with Crippen LogP contribution in [-0.2, 0) is 16.0 Å². The van der Waals surface area contributed by atoms with Gasteiger partial charge in [-0.05, 0) is 30.5 Å². The third-order valence-electron chi connectivity index (χ3n) is 5.34. The van der Waals surface area contributed by atoms with Gasteiger partial charge in [-0.3, -0.25) is 4.90 Å². The summed E-state index contributed by atoms with van der Waals surface area (Å²) in [4.78, 5) is 14.3. The maximum atomic E-state index is 12.0. The van der Waals surface area contributed by atoms with Crippen molar-refractivity contribution in [2.75, 3.05) is 26.3 Å². The number of aryl methyl sites for hydroxylation is 2. The zero-order valence-electron chi connectivity index (χ0n) is 14.3. The van der Waals surface area contributed by atoms with Gasteiger partial charge in [0.1, 0.15) is 5.58 Å². The molecule has 0 bridgehead atoms. The Morgan fingerprint density at radius 2 is 1.83 bits per heavy atom. The fourth-order valence-electron chi connectivity index (χ4n) is 3.73. The van der Waals surface area contributed by atoms with E-state index in [0.717, 1.165) is 54.6 Å². The molecule has 4 rings (SSSR count). The lowest BCUT2D eigenvalue weighted by molar-refractivity contribution is -0.185. The molecule has 2 fully saturated rings. The van der Waals surface area contributed by atoms with Gasteiger partial charge in [0.05, 0.1) is 13.2 Å². The summed E-state index contributed by atoms with van der Waals surface area (Å²) in [5, 5.41) is 1.03. The average Bonchev–Trinajstić information content (AvgIpc) is 3.02. The van der Waals surface area contributed by atoms with Crippen LogP contribution in [0.4, 0.5) is 0 Å². The zero-order valence-corrected chi connectivity index (χ0v) is 14.3. The number of fused-ring (bicyclic) bond motifs is 1. The maximum Gasteiger partial charge on any atom is 0.336 e. The predicted molar refractivity (Wildman–Crippen MR) is 91.1 cm³/mol. The molecule has 0 atom stereocenters. The summed E-state index contributed by atoms with van der Waals surface area (Å²) in [6.07, 6.45) is 1.76. The number of likely N-dealkylation sites (tertiary alicyclic amines) is 1. The van der Waals surface area contributed by atoms with Crippen LogP contribution in [-0.4, -0.2) is 37.0 Å². The first-order valence-electron chi connectivity index (χ1n) is 8.60. The van der Waals surface area contributed by atoms with Crippen molar-refractivity contribution in [2.24, 2.45) is 0 Å². The smallest absolute Gasteiger partial charge is 0.336 e. The molecule has 128 valence electrons. The quantitative estimate of drug-likeness (QED) is 0.793. The van der Waals surface area contributed by atoms with Crippen molar-refractivity contribution >= 4 is 11.0 Å². The molecule has 0 aliphatic carbocycles. The summed E-state index contributed by atoms with van der Waals surface area (Å²) >= 11 is 0. The van der Waals surface area contributed by atoms with Crippen molar-refractivity contribution < 1.29 is 13.9 Å². The minimum absolute atomic E-state index is 0.276. The topological polar surface area (TPSA) is 51.9 Å². The van der Waals surface area contributed by atoms with Crippen molar-refractivity contribution in [1.29, 1.82) is 0 Å². The molecule has 0 radical (unpaired) electrons. The Balaban J connectivity index is 1.59. The van der Waals surface area contributed by atoms with Crippen LogP contribution >= 0.6 is 0 Å². The van der Waals surface area contributed by atoms with Crippen LogP contribution in [0.25, 0.3) is 11.0 Å². The normalized spacial score (nSPS) is 20.9. The monoisotopic (exact) mass is 329 g/mol. The highest BCUT2D eigenvalue weighted by molar-refractivity contribution is 5.83. The summed E-state index contributed by atoms with van der Waals surface area (Å²) in [5.74, 6) is -0.359. The second-order valence-corrected chi connectivity index (χ2v) is 6.86. The Bertz CT molecular complexity index is 810. The van der Waals surface area contributed by atoms with E-state index in [2.05, 4.69) is 17.0 Å². The van der Waals surface area contributed by atoms with Gasteiger partial charge in [-0.15, -0.1) is 0 Å². The van der Waals surface area contributed by atoms with Crippen LogP contribution in [0.2, 0.25) is 0 Å². The SMILES string of the molecule is Cc1ccc2c(CN3CCC4(CC3)OCCO4)cc(=O)oc2c1C. The third kappa shape index (κ3) is 2.77. The average molecular weight is 329 g/mol. The Kier molecular flexibility index (Phi) is 3.95. The number of rotatable bonds is 2. The van der Waals surface area contributed by atoms with E-state index >= 15 is 0 Å². The van der Waals surface area contributed by atoms with Crippen LogP contribution in [0, 0.1) is 13.8 Å². The van der Waals surface area contributed by atoms with Crippen LogP contribution in [0.15, 0.2) is 27.4 Å².